The lowest BCUT2D eigenvalue weighted by Gasteiger charge is -2.38. The van der Waals surface area contributed by atoms with Gasteiger partial charge in [-0.15, -0.1) is 0 Å². The number of pyridine rings is 1. The molecule has 2 aromatic heterocycles. The molecule has 2 aliphatic rings. The second-order valence-electron chi connectivity index (χ2n) is 9.28. The molecule has 0 saturated heterocycles. The van der Waals surface area contributed by atoms with Crippen molar-refractivity contribution in [2.45, 2.75) is 38.8 Å². The van der Waals surface area contributed by atoms with E-state index >= 15 is 0 Å². The van der Waals surface area contributed by atoms with Crippen LogP contribution >= 0.6 is 0 Å². The molecule has 0 unspecified atom stereocenters. The zero-order chi connectivity index (χ0) is 24.0. The first-order chi connectivity index (χ1) is 16.3. The van der Waals surface area contributed by atoms with Crippen LogP contribution in [0.2, 0.25) is 0 Å². The summed E-state index contributed by atoms with van der Waals surface area (Å²) in [5, 5.41) is 9.68. The second-order valence-corrected chi connectivity index (χ2v) is 9.28. The number of ketones is 1. The second kappa shape index (κ2) is 8.21. The third kappa shape index (κ3) is 3.50. The lowest BCUT2D eigenvalue weighted by molar-refractivity contribution is -0.119. The van der Waals surface area contributed by atoms with Crippen molar-refractivity contribution in [2.75, 3.05) is 0 Å². The lowest BCUT2D eigenvalue weighted by atomic mass is 9.67. The third-order valence-electron chi connectivity index (χ3n) is 7.01. The Bertz CT molecular complexity index is 1390. The quantitative estimate of drug-likeness (QED) is 0.534. The highest BCUT2D eigenvalue weighted by atomic mass is 19.1. The van der Waals surface area contributed by atoms with E-state index in [4.69, 9.17) is 9.97 Å². The molecule has 2 aliphatic carbocycles. The Morgan fingerprint density at radius 2 is 2.03 bits per heavy atom. The molecule has 3 atom stereocenters. The standard InChI is InChI=1S/C27H22F2N4O/c1-15-17-10-21-23(20-5-3-4-6-22(20)29)32-26(16-7-8-31-19(9-16)13-28)33-25(21)27(2,11-17)12-18(14-30)24(15)34/h3-9,12,15,17H,10-11,13H2,1-2H3/t15-,17-,27+/m1/s1. The summed E-state index contributed by atoms with van der Waals surface area (Å²) in [5.41, 5.74) is 2.48. The molecular formula is C27H22F2N4O. The van der Waals surface area contributed by atoms with Gasteiger partial charge >= 0.3 is 0 Å². The van der Waals surface area contributed by atoms with Gasteiger partial charge in [-0.3, -0.25) is 9.78 Å². The van der Waals surface area contributed by atoms with E-state index in [0.29, 0.717) is 41.2 Å². The van der Waals surface area contributed by atoms with Crippen LogP contribution in [-0.2, 0) is 23.3 Å². The fourth-order valence-corrected chi connectivity index (χ4v) is 5.24. The Hall–Kier alpha value is -3.79. The molecule has 0 spiro atoms. The Labute approximate surface area is 196 Å². The maximum atomic E-state index is 15.0. The van der Waals surface area contributed by atoms with E-state index in [-0.39, 0.29) is 28.9 Å². The van der Waals surface area contributed by atoms with Gasteiger partial charge in [-0.1, -0.05) is 32.1 Å². The first-order valence-corrected chi connectivity index (χ1v) is 11.2. The minimum atomic E-state index is -0.730. The number of hydrogen-bond acceptors (Lipinski definition) is 5. The average molecular weight is 456 g/mol. The van der Waals surface area contributed by atoms with E-state index in [9.17, 15) is 18.8 Å². The van der Waals surface area contributed by atoms with Crippen LogP contribution in [0, 0.1) is 29.0 Å². The zero-order valence-electron chi connectivity index (χ0n) is 18.8. The van der Waals surface area contributed by atoms with Crippen molar-refractivity contribution in [1.29, 1.82) is 5.26 Å². The number of allylic oxidation sites excluding steroid dienone is 2. The van der Waals surface area contributed by atoms with Crippen LogP contribution in [0.25, 0.3) is 22.6 Å². The minimum absolute atomic E-state index is 0.0360. The summed E-state index contributed by atoms with van der Waals surface area (Å²) in [4.78, 5) is 26.6. The average Bonchev–Trinajstić information content (AvgIpc) is 2.93. The van der Waals surface area contributed by atoms with E-state index in [1.165, 1.54) is 12.3 Å². The van der Waals surface area contributed by atoms with E-state index in [0.717, 1.165) is 5.56 Å². The molecule has 0 radical (unpaired) electrons. The molecule has 0 amide bonds. The largest absolute Gasteiger partial charge is 0.293 e. The molecule has 2 heterocycles. The van der Waals surface area contributed by atoms with Crippen molar-refractivity contribution in [3.8, 4) is 28.7 Å². The molecule has 5 rings (SSSR count). The van der Waals surface area contributed by atoms with Gasteiger partial charge in [0.1, 0.15) is 18.6 Å². The van der Waals surface area contributed by atoms with Gasteiger partial charge in [-0.25, -0.2) is 18.7 Å². The summed E-state index contributed by atoms with van der Waals surface area (Å²) in [6.45, 7) is 3.08. The summed E-state index contributed by atoms with van der Waals surface area (Å²) in [5.74, 6) is -0.646. The van der Waals surface area contributed by atoms with E-state index in [2.05, 4.69) is 11.1 Å². The lowest BCUT2D eigenvalue weighted by Crippen LogP contribution is -2.35. The predicted molar refractivity (Wildman–Crippen MR) is 122 cm³/mol. The van der Waals surface area contributed by atoms with E-state index < -0.39 is 17.9 Å². The molecule has 0 saturated carbocycles. The Kier molecular flexibility index (Phi) is 5.32. The van der Waals surface area contributed by atoms with Crippen molar-refractivity contribution >= 4 is 5.78 Å². The van der Waals surface area contributed by atoms with Gasteiger partial charge in [0, 0.05) is 34.2 Å². The van der Waals surface area contributed by atoms with Gasteiger partial charge in [0.25, 0.3) is 0 Å². The number of fused-ring (bicyclic) bond motifs is 4. The molecule has 7 heteroatoms. The first-order valence-electron chi connectivity index (χ1n) is 11.2. The highest BCUT2D eigenvalue weighted by Gasteiger charge is 2.45. The van der Waals surface area contributed by atoms with Crippen molar-refractivity contribution in [3.63, 3.8) is 0 Å². The number of Topliss-reactive ketones (excluding diaryl/α,β-unsaturated/α-hetero) is 1. The molecule has 1 aromatic carbocycles. The Morgan fingerprint density at radius 3 is 2.76 bits per heavy atom. The Balaban J connectivity index is 1.83. The molecule has 0 fully saturated rings. The van der Waals surface area contributed by atoms with Crippen LogP contribution in [0.1, 0.15) is 37.2 Å². The van der Waals surface area contributed by atoms with Gasteiger partial charge < -0.3 is 0 Å². The molecule has 170 valence electrons. The fourth-order valence-electron chi connectivity index (χ4n) is 5.24. The summed E-state index contributed by atoms with van der Waals surface area (Å²) in [6.07, 6.45) is 4.34. The van der Waals surface area contributed by atoms with Crippen molar-refractivity contribution in [3.05, 3.63) is 77.0 Å². The van der Waals surface area contributed by atoms with Crippen LogP contribution in [0.15, 0.2) is 54.2 Å². The smallest absolute Gasteiger partial charge is 0.176 e. The third-order valence-corrected chi connectivity index (χ3v) is 7.01. The van der Waals surface area contributed by atoms with Crippen LogP contribution < -0.4 is 0 Å². The van der Waals surface area contributed by atoms with Crippen LogP contribution in [0.4, 0.5) is 8.78 Å². The van der Waals surface area contributed by atoms with Gasteiger partial charge in [-0.05, 0) is 43.0 Å². The SMILES string of the molecule is C[C@H]1C(=O)C(C#N)=C[C@]2(C)C[C@H]1Cc1c(-c3ccccc3F)nc(-c3ccnc(CF)c3)nc12. The molecule has 3 aromatic rings. The summed E-state index contributed by atoms with van der Waals surface area (Å²) in [7, 11) is 0. The molecule has 2 bridgehead atoms. The zero-order valence-corrected chi connectivity index (χ0v) is 18.8. The minimum Gasteiger partial charge on any atom is -0.293 e. The molecule has 5 nitrogen and oxygen atoms in total. The number of alkyl halides is 1. The first kappa shape index (κ1) is 22.0. The summed E-state index contributed by atoms with van der Waals surface area (Å²) < 4.78 is 28.3. The van der Waals surface area contributed by atoms with Gasteiger partial charge in [0.05, 0.1) is 22.7 Å². The number of halogens is 2. The van der Waals surface area contributed by atoms with Gasteiger partial charge in [0.2, 0.25) is 0 Å². The van der Waals surface area contributed by atoms with Crippen LogP contribution in [-0.4, -0.2) is 20.7 Å². The number of carbonyl (C=O) groups is 1. The highest BCUT2D eigenvalue weighted by Crippen LogP contribution is 2.48. The maximum absolute atomic E-state index is 15.0. The molecular weight excluding hydrogens is 434 g/mol. The molecule has 34 heavy (non-hydrogen) atoms. The number of aromatic nitrogens is 3. The normalized spacial score (nSPS) is 23.5. The van der Waals surface area contributed by atoms with Crippen LogP contribution in [0.3, 0.4) is 0 Å². The van der Waals surface area contributed by atoms with Gasteiger partial charge in [0.15, 0.2) is 11.6 Å². The van der Waals surface area contributed by atoms with Crippen LogP contribution in [0.5, 0.6) is 0 Å². The van der Waals surface area contributed by atoms with Crippen molar-refractivity contribution in [2.24, 2.45) is 11.8 Å². The number of rotatable bonds is 3. The number of benzene rings is 1. The molecule has 0 N–H and O–H groups in total. The highest BCUT2D eigenvalue weighted by molar-refractivity contribution is 6.01. The van der Waals surface area contributed by atoms with E-state index in [1.807, 2.05) is 13.8 Å². The topological polar surface area (TPSA) is 79.5 Å². The molecule has 0 aliphatic heterocycles. The maximum Gasteiger partial charge on any atom is 0.176 e. The van der Waals surface area contributed by atoms with Crippen molar-refractivity contribution < 1.29 is 13.6 Å². The Morgan fingerprint density at radius 1 is 1.24 bits per heavy atom. The number of carbonyl (C=O) groups excluding carboxylic acids is 1. The number of hydrogen-bond donors (Lipinski definition) is 0. The fraction of sp³-hybridized carbons (Fsp3) is 0.296. The van der Waals surface area contributed by atoms with Crippen molar-refractivity contribution in [1.82, 2.24) is 15.0 Å². The van der Waals surface area contributed by atoms with E-state index in [1.54, 1.807) is 36.4 Å². The monoisotopic (exact) mass is 456 g/mol. The van der Waals surface area contributed by atoms with Gasteiger partial charge in [-0.2, -0.15) is 5.26 Å². The number of nitriles is 1. The summed E-state index contributed by atoms with van der Waals surface area (Å²) in [6, 6.07) is 11.8. The summed E-state index contributed by atoms with van der Waals surface area (Å²) >= 11 is 0. The predicted octanol–water partition coefficient (Wildman–Crippen LogP) is 5.30. The number of nitrogens with zero attached hydrogens (tertiary/aromatic N) is 4.